The van der Waals surface area contributed by atoms with Gasteiger partial charge in [-0.15, -0.1) is 0 Å². The van der Waals surface area contributed by atoms with Gasteiger partial charge in [-0.25, -0.2) is 9.29 Å². The standard InChI is InChI=1S/C23H17BrFN3O3/c24-16-7-9-17(10-8-16)28-21(29)12-20(23(28)31)27(14-15-4-3-11-26-13-15)22(30)18-5-1-2-6-19(18)25/h1-11,13,20H,12,14H2. The largest absolute Gasteiger partial charge is 0.322 e. The lowest BCUT2D eigenvalue weighted by molar-refractivity contribution is -0.122. The van der Waals surface area contributed by atoms with Gasteiger partial charge in [-0.1, -0.05) is 34.1 Å². The van der Waals surface area contributed by atoms with Gasteiger partial charge in [0.05, 0.1) is 17.7 Å². The van der Waals surface area contributed by atoms with E-state index in [-0.39, 0.29) is 18.5 Å². The molecule has 1 unspecified atom stereocenters. The highest BCUT2D eigenvalue weighted by atomic mass is 79.9. The van der Waals surface area contributed by atoms with Crippen LogP contribution in [0.5, 0.6) is 0 Å². The monoisotopic (exact) mass is 481 g/mol. The van der Waals surface area contributed by atoms with Crippen LogP contribution in [0, 0.1) is 5.82 Å². The number of nitrogens with zero attached hydrogens (tertiary/aromatic N) is 3. The van der Waals surface area contributed by atoms with Crippen molar-refractivity contribution in [1.29, 1.82) is 0 Å². The number of rotatable bonds is 5. The summed E-state index contributed by atoms with van der Waals surface area (Å²) in [5, 5.41) is 0. The van der Waals surface area contributed by atoms with Crippen molar-refractivity contribution >= 4 is 39.3 Å². The lowest BCUT2D eigenvalue weighted by Gasteiger charge is -2.28. The molecule has 2 aromatic carbocycles. The Bertz CT molecular complexity index is 1140. The van der Waals surface area contributed by atoms with E-state index in [2.05, 4.69) is 20.9 Å². The van der Waals surface area contributed by atoms with Gasteiger partial charge in [0.1, 0.15) is 11.9 Å². The highest BCUT2D eigenvalue weighted by Gasteiger charge is 2.44. The minimum Gasteiger partial charge on any atom is -0.322 e. The van der Waals surface area contributed by atoms with Crippen LogP contribution < -0.4 is 4.90 Å². The van der Waals surface area contributed by atoms with Crippen molar-refractivity contribution in [2.45, 2.75) is 19.0 Å². The minimum absolute atomic E-state index is 0.0128. The number of halogens is 2. The molecule has 1 aromatic heterocycles. The van der Waals surface area contributed by atoms with E-state index in [0.29, 0.717) is 11.3 Å². The van der Waals surface area contributed by atoms with E-state index in [1.165, 1.54) is 23.1 Å². The van der Waals surface area contributed by atoms with Gasteiger partial charge in [0.15, 0.2) is 0 Å². The first kappa shape index (κ1) is 20.9. The summed E-state index contributed by atoms with van der Waals surface area (Å²) in [5.41, 5.74) is 0.920. The van der Waals surface area contributed by atoms with E-state index in [9.17, 15) is 18.8 Å². The highest BCUT2D eigenvalue weighted by molar-refractivity contribution is 9.10. The van der Waals surface area contributed by atoms with Crippen LogP contribution in [0.4, 0.5) is 10.1 Å². The number of benzene rings is 2. The summed E-state index contributed by atoms with van der Waals surface area (Å²) in [6.07, 6.45) is 2.97. The van der Waals surface area contributed by atoms with Gasteiger partial charge in [0.25, 0.3) is 11.8 Å². The molecule has 1 atom stereocenters. The van der Waals surface area contributed by atoms with Gasteiger partial charge in [0.2, 0.25) is 5.91 Å². The molecule has 0 saturated carbocycles. The third kappa shape index (κ3) is 4.25. The first-order valence-electron chi connectivity index (χ1n) is 9.52. The third-order valence-corrected chi connectivity index (χ3v) is 5.55. The second-order valence-electron chi connectivity index (χ2n) is 7.04. The number of carbonyl (C=O) groups is 3. The summed E-state index contributed by atoms with van der Waals surface area (Å²) in [4.78, 5) is 45.6. The molecular formula is C23H17BrFN3O3. The molecule has 2 heterocycles. The Morgan fingerprint density at radius 2 is 1.84 bits per heavy atom. The molecule has 6 nitrogen and oxygen atoms in total. The van der Waals surface area contributed by atoms with E-state index in [0.717, 1.165) is 9.37 Å². The molecule has 0 aliphatic carbocycles. The maximum atomic E-state index is 14.4. The maximum absolute atomic E-state index is 14.4. The Kier molecular flexibility index (Phi) is 5.90. The van der Waals surface area contributed by atoms with Gasteiger partial charge < -0.3 is 4.90 Å². The van der Waals surface area contributed by atoms with Crippen LogP contribution in [0.15, 0.2) is 77.5 Å². The van der Waals surface area contributed by atoms with Gasteiger partial charge in [-0.05, 0) is 48.0 Å². The smallest absolute Gasteiger partial charge is 0.257 e. The number of carbonyl (C=O) groups excluding carboxylic acids is 3. The number of imide groups is 1. The van der Waals surface area contributed by atoms with E-state index in [1.54, 1.807) is 54.9 Å². The first-order valence-corrected chi connectivity index (χ1v) is 10.3. The molecule has 1 aliphatic rings. The van der Waals surface area contributed by atoms with Crippen LogP contribution in [-0.4, -0.2) is 33.6 Å². The zero-order valence-corrected chi connectivity index (χ0v) is 17.8. The maximum Gasteiger partial charge on any atom is 0.257 e. The van der Waals surface area contributed by atoms with Crippen LogP contribution in [0.1, 0.15) is 22.3 Å². The molecule has 156 valence electrons. The van der Waals surface area contributed by atoms with E-state index >= 15 is 0 Å². The predicted octanol–water partition coefficient (Wildman–Crippen LogP) is 3.96. The molecule has 0 N–H and O–H groups in total. The fraction of sp³-hybridized carbons (Fsp3) is 0.130. The Labute approximate surface area is 186 Å². The van der Waals surface area contributed by atoms with Crippen molar-refractivity contribution < 1.29 is 18.8 Å². The molecule has 1 fully saturated rings. The van der Waals surface area contributed by atoms with Crippen molar-refractivity contribution in [2.75, 3.05) is 4.90 Å². The van der Waals surface area contributed by atoms with E-state index in [4.69, 9.17) is 0 Å². The van der Waals surface area contributed by atoms with Gasteiger partial charge in [0, 0.05) is 23.4 Å². The average Bonchev–Trinajstić information content (AvgIpc) is 3.07. The highest BCUT2D eigenvalue weighted by Crippen LogP contribution is 2.29. The third-order valence-electron chi connectivity index (χ3n) is 5.02. The molecule has 8 heteroatoms. The molecule has 0 radical (unpaired) electrons. The lowest BCUT2D eigenvalue weighted by Crippen LogP contribution is -2.45. The number of aromatic nitrogens is 1. The van der Waals surface area contributed by atoms with Crippen LogP contribution in [0.25, 0.3) is 0 Å². The summed E-state index contributed by atoms with van der Waals surface area (Å²) in [7, 11) is 0. The molecule has 0 bridgehead atoms. The number of hydrogen-bond acceptors (Lipinski definition) is 4. The average molecular weight is 482 g/mol. The molecule has 3 aromatic rings. The summed E-state index contributed by atoms with van der Waals surface area (Å²) in [5.74, 6) is -2.30. The van der Waals surface area contributed by atoms with Crippen LogP contribution in [0.2, 0.25) is 0 Å². The number of anilines is 1. The summed E-state index contributed by atoms with van der Waals surface area (Å²) < 4.78 is 15.2. The molecule has 1 saturated heterocycles. The van der Waals surface area contributed by atoms with Crippen molar-refractivity contribution in [3.05, 3.63) is 94.5 Å². The van der Waals surface area contributed by atoms with Crippen molar-refractivity contribution in [2.24, 2.45) is 0 Å². The van der Waals surface area contributed by atoms with Crippen LogP contribution in [-0.2, 0) is 16.1 Å². The Hall–Kier alpha value is -3.39. The fourth-order valence-electron chi connectivity index (χ4n) is 3.52. The Morgan fingerprint density at radius 1 is 1.10 bits per heavy atom. The Morgan fingerprint density at radius 3 is 2.52 bits per heavy atom. The summed E-state index contributed by atoms with van der Waals surface area (Å²) in [6.45, 7) is 0.0128. The van der Waals surface area contributed by atoms with Crippen LogP contribution in [0.3, 0.4) is 0 Å². The molecule has 0 spiro atoms. The van der Waals surface area contributed by atoms with Gasteiger partial charge >= 0.3 is 0 Å². The van der Waals surface area contributed by atoms with E-state index < -0.39 is 29.6 Å². The summed E-state index contributed by atoms with van der Waals surface area (Å²) >= 11 is 3.33. The SMILES string of the molecule is O=C1CC(N(Cc2cccnc2)C(=O)c2ccccc2F)C(=O)N1c1ccc(Br)cc1. The molecule has 1 aliphatic heterocycles. The van der Waals surface area contributed by atoms with Crippen molar-refractivity contribution in [3.8, 4) is 0 Å². The minimum atomic E-state index is -1.05. The number of amides is 3. The molecule has 3 amide bonds. The zero-order valence-electron chi connectivity index (χ0n) is 16.2. The molecular weight excluding hydrogens is 465 g/mol. The first-order chi connectivity index (χ1) is 15.0. The second kappa shape index (κ2) is 8.77. The fourth-order valence-corrected chi connectivity index (χ4v) is 3.79. The molecule has 31 heavy (non-hydrogen) atoms. The number of pyridine rings is 1. The normalized spacial score (nSPS) is 15.9. The van der Waals surface area contributed by atoms with E-state index in [1.807, 2.05) is 0 Å². The topological polar surface area (TPSA) is 70.6 Å². The van der Waals surface area contributed by atoms with Gasteiger partial charge in [-0.2, -0.15) is 0 Å². The lowest BCUT2D eigenvalue weighted by atomic mass is 10.1. The molecule has 4 rings (SSSR count). The predicted molar refractivity (Wildman–Crippen MR) is 116 cm³/mol. The summed E-state index contributed by atoms with van der Waals surface area (Å²) in [6, 6.07) is 14.7. The van der Waals surface area contributed by atoms with Crippen molar-refractivity contribution in [1.82, 2.24) is 9.88 Å². The van der Waals surface area contributed by atoms with Crippen molar-refractivity contribution in [3.63, 3.8) is 0 Å². The quantitative estimate of drug-likeness (QED) is 0.517. The van der Waals surface area contributed by atoms with Gasteiger partial charge in [-0.3, -0.25) is 19.4 Å². The zero-order chi connectivity index (χ0) is 22.0. The number of hydrogen-bond donors (Lipinski definition) is 0. The Balaban J connectivity index is 1.70. The second-order valence-corrected chi connectivity index (χ2v) is 7.95. The van der Waals surface area contributed by atoms with Crippen LogP contribution >= 0.6 is 15.9 Å².